The SMILES string of the molecule is C#CC[C@@H](NC(=O)OC(C)(C)C)C(N)=O. The highest BCUT2D eigenvalue weighted by Gasteiger charge is 2.21. The molecule has 1 atom stereocenters. The molecule has 0 saturated carbocycles. The van der Waals surface area contributed by atoms with E-state index in [2.05, 4.69) is 11.2 Å². The van der Waals surface area contributed by atoms with E-state index in [4.69, 9.17) is 16.9 Å². The minimum absolute atomic E-state index is 0.0502. The number of carbonyl (C=O) groups excluding carboxylic acids is 2. The molecule has 84 valence electrons. The number of rotatable bonds is 3. The number of amides is 2. The molecule has 5 heteroatoms. The second-order valence-electron chi connectivity index (χ2n) is 4.01. The number of primary amides is 1. The summed E-state index contributed by atoms with van der Waals surface area (Å²) >= 11 is 0. The smallest absolute Gasteiger partial charge is 0.408 e. The molecular formula is C10H16N2O3. The molecule has 0 heterocycles. The van der Waals surface area contributed by atoms with Gasteiger partial charge in [-0.15, -0.1) is 12.3 Å². The van der Waals surface area contributed by atoms with Gasteiger partial charge >= 0.3 is 6.09 Å². The van der Waals surface area contributed by atoms with E-state index in [0.717, 1.165) is 0 Å². The normalized spacial score (nSPS) is 12.4. The third-order valence-corrected chi connectivity index (χ3v) is 1.36. The third-order valence-electron chi connectivity index (χ3n) is 1.36. The van der Waals surface area contributed by atoms with E-state index >= 15 is 0 Å². The molecular weight excluding hydrogens is 196 g/mol. The van der Waals surface area contributed by atoms with Crippen molar-refractivity contribution in [2.75, 3.05) is 0 Å². The molecule has 0 aromatic rings. The van der Waals surface area contributed by atoms with Gasteiger partial charge in [0.05, 0.1) is 0 Å². The quantitative estimate of drug-likeness (QED) is 0.664. The number of hydrogen-bond acceptors (Lipinski definition) is 3. The van der Waals surface area contributed by atoms with Crippen LogP contribution in [-0.4, -0.2) is 23.6 Å². The zero-order valence-electron chi connectivity index (χ0n) is 9.16. The van der Waals surface area contributed by atoms with Gasteiger partial charge in [-0.2, -0.15) is 0 Å². The Bertz CT molecular complexity index is 286. The Balaban J connectivity index is 4.25. The first-order valence-electron chi connectivity index (χ1n) is 4.48. The highest BCUT2D eigenvalue weighted by molar-refractivity contribution is 5.84. The number of ether oxygens (including phenoxy) is 1. The highest BCUT2D eigenvalue weighted by atomic mass is 16.6. The summed E-state index contributed by atoms with van der Waals surface area (Å²) in [4.78, 5) is 22.1. The Hall–Kier alpha value is -1.70. The second kappa shape index (κ2) is 5.25. The molecule has 0 saturated heterocycles. The Morgan fingerprint density at radius 1 is 1.53 bits per heavy atom. The van der Waals surface area contributed by atoms with Crippen LogP contribution in [0.25, 0.3) is 0 Å². The molecule has 0 aromatic heterocycles. The molecule has 0 spiro atoms. The minimum atomic E-state index is -0.884. The van der Waals surface area contributed by atoms with Gasteiger partial charge in [0.25, 0.3) is 0 Å². The summed E-state index contributed by atoms with van der Waals surface area (Å²) in [7, 11) is 0. The fraction of sp³-hybridized carbons (Fsp3) is 0.600. The van der Waals surface area contributed by atoms with E-state index in [0.29, 0.717) is 0 Å². The molecule has 0 rings (SSSR count). The molecule has 0 aliphatic rings. The second-order valence-corrected chi connectivity index (χ2v) is 4.01. The lowest BCUT2D eigenvalue weighted by Gasteiger charge is -2.21. The molecule has 0 aliphatic carbocycles. The monoisotopic (exact) mass is 212 g/mol. The van der Waals surface area contributed by atoms with Crippen LogP contribution in [-0.2, 0) is 9.53 Å². The molecule has 5 nitrogen and oxygen atoms in total. The van der Waals surface area contributed by atoms with Gasteiger partial charge in [0, 0.05) is 6.42 Å². The summed E-state index contributed by atoms with van der Waals surface area (Å²) in [5, 5.41) is 2.30. The summed E-state index contributed by atoms with van der Waals surface area (Å²) in [6, 6.07) is -0.884. The number of terminal acetylenes is 1. The van der Waals surface area contributed by atoms with Crippen LogP contribution in [0.15, 0.2) is 0 Å². The van der Waals surface area contributed by atoms with Gasteiger partial charge in [0.2, 0.25) is 5.91 Å². The summed E-state index contributed by atoms with van der Waals surface area (Å²) in [6.07, 6.45) is 4.36. The van der Waals surface area contributed by atoms with E-state index in [9.17, 15) is 9.59 Å². The molecule has 0 aliphatic heterocycles. The van der Waals surface area contributed by atoms with E-state index < -0.39 is 23.6 Å². The number of nitrogens with two attached hydrogens (primary N) is 1. The van der Waals surface area contributed by atoms with Crippen molar-refractivity contribution >= 4 is 12.0 Å². The number of carbonyl (C=O) groups is 2. The molecule has 0 radical (unpaired) electrons. The zero-order chi connectivity index (χ0) is 12.1. The highest BCUT2D eigenvalue weighted by Crippen LogP contribution is 2.06. The van der Waals surface area contributed by atoms with Crippen LogP contribution in [0.3, 0.4) is 0 Å². The Kier molecular flexibility index (Phi) is 4.65. The zero-order valence-corrected chi connectivity index (χ0v) is 9.16. The van der Waals surface area contributed by atoms with Crippen molar-refractivity contribution in [1.29, 1.82) is 0 Å². The molecule has 0 unspecified atom stereocenters. The van der Waals surface area contributed by atoms with Gasteiger partial charge < -0.3 is 15.8 Å². The number of alkyl carbamates (subject to hydrolysis) is 1. The summed E-state index contributed by atoms with van der Waals surface area (Å²) < 4.78 is 4.94. The fourth-order valence-electron chi connectivity index (χ4n) is 0.790. The van der Waals surface area contributed by atoms with Crippen LogP contribution in [0.1, 0.15) is 27.2 Å². The molecule has 0 bridgehead atoms. The van der Waals surface area contributed by atoms with Crippen molar-refractivity contribution in [1.82, 2.24) is 5.32 Å². The van der Waals surface area contributed by atoms with Crippen LogP contribution < -0.4 is 11.1 Å². The van der Waals surface area contributed by atoms with E-state index in [1.807, 2.05) is 0 Å². The van der Waals surface area contributed by atoms with Crippen molar-refractivity contribution in [2.24, 2.45) is 5.73 Å². The van der Waals surface area contributed by atoms with Crippen molar-refractivity contribution in [3.8, 4) is 12.3 Å². The van der Waals surface area contributed by atoms with Crippen molar-refractivity contribution in [2.45, 2.75) is 38.8 Å². The maximum absolute atomic E-state index is 11.2. The predicted molar refractivity (Wildman–Crippen MR) is 55.8 cm³/mol. The van der Waals surface area contributed by atoms with Gasteiger partial charge in [-0.05, 0) is 20.8 Å². The predicted octanol–water partition coefficient (Wildman–Crippen LogP) is 0.388. The van der Waals surface area contributed by atoms with E-state index in [1.165, 1.54) is 0 Å². The van der Waals surface area contributed by atoms with Crippen molar-refractivity contribution < 1.29 is 14.3 Å². The van der Waals surface area contributed by atoms with Crippen molar-refractivity contribution in [3.63, 3.8) is 0 Å². The molecule has 15 heavy (non-hydrogen) atoms. The van der Waals surface area contributed by atoms with E-state index in [1.54, 1.807) is 20.8 Å². The molecule has 2 amide bonds. The lowest BCUT2D eigenvalue weighted by atomic mass is 10.2. The van der Waals surface area contributed by atoms with Gasteiger partial charge in [-0.25, -0.2) is 4.79 Å². The number of nitrogens with one attached hydrogen (secondary N) is 1. The summed E-state index contributed by atoms with van der Waals surface area (Å²) in [5.74, 6) is 1.56. The largest absolute Gasteiger partial charge is 0.444 e. The van der Waals surface area contributed by atoms with Crippen LogP contribution in [0.5, 0.6) is 0 Å². The minimum Gasteiger partial charge on any atom is -0.444 e. The number of hydrogen-bond donors (Lipinski definition) is 2. The van der Waals surface area contributed by atoms with Gasteiger partial charge in [0.15, 0.2) is 0 Å². The maximum Gasteiger partial charge on any atom is 0.408 e. The van der Waals surface area contributed by atoms with Crippen molar-refractivity contribution in [3.05, 3.63) is 0 Å². The lowest BCUT2D eigenvalue weighted by molar-refractivity contribution is -0.119. The first-order chi connectivity index (χ1) is 6.76. The summed E-state index contributed by atoms with van der Waals surface area (Å²) in [5.41, 5.74) is 4.41. The van der Waals surface area contributed by atoms with Crippen LogP contribution in [0.2, 0.25) is 0 Å². The van der Waals surface area contributed by atoms with Gasteiger partial charge in [-0.1, -0.05) is 0 Å². The standard InChI is InChI=1S/C10H16N2O3/c1-5-6-7(8(11)13)12-9(14)15-10(2,3)4/h1,7H,6H2,2-4H3,(H2,11,13)(H,12,14)/t7-/m1/s1. The summed E-state index contributed by atoms with van der Waals surface area (Å²) in [6.45, 7) is 5.15. The van der Waals surface area contributed by atoms with Gasteiger partial charge in [0.1, 0.15) is 11.6 Å². The first-order valence-corrected chi connectivity index (χ1v) is 4.48. The lowest BCUT2D eigenvalue weighted by Crippen LogP contribution is -2.46. The van der Waals surface area contributed by atoms with Crippen LogP contribution in [0.4, 0.5) is 4.79 Å². The molecule has 3 N–H and O–H groups in total. The molecule has 0 aromatic carbocycles. The Morgan fingerprint density at radius 2 is 2.07 bits per heavy atom. The Morgan fingerprint density at radius 3 is 2.40 bits per heavy atom. The fourth-order valence-corrected chi connectivity index (χ4v) is 0.790. The van der Waals surface area contributed by atoms with Gasteiger partial charge in [-0.3, -0.25) is 4.79 Å². The van der Waals surface area contributed by atoms with Crippen LogP contribution >= 0.6 is 0 Å². The first kappa shape index (κ1) is 13.3. The van der Waals surface area contributed by atoms with Crippen LogP contribution in [0, 0.1) is 12.3 Å². The Labute approximate surface area is 89.3 Å². The maximum atomic E-state index is 11.2. The topological polar surface area (TPSA) is 81.4 Å². The van der Waals surface area contributed by atoms with E-state index in [-0.39, 0.29) is 6.42 Å². The average Bonchev–Trinajstić information content (AvgIpc) is 1.99. The third kappa shape index (κ3) is 6.38. The molecule has 0 fully saturated rings. The average molecular weight is 212 g/mol.